The van der Waals surface area contributed by atoms with Crippen molar-refractivity contribution in [2.24, 2.45) is 5.41 Å². The first-order valence-electron chi connectivity index (χ1n) is 6.21. The normalized spacial score (nSPS) is 21.8. The first-order valence-corrected chi connectivity index (χ1v) is 6.58. The van der Waals surface area contributed by atoms with E-state index in [1.807, 2.05) is 12.1 Å². The fourth-order valence-corrected chi connectivity index (χ4v) is 2.75. The zero-order chi connectivity index (χ0) is 12.0. The molecule has 2 aliphatic rings. The Labute approximate surface area is 107 Å². The van der Waals surface area contributed by atoms with Crippen LogP contribution in [0.15, 0.2) is 12.1 Å². The Morgan fingerprint density at radius 3 is 2.94 bits per heavy atom. The van der Waals surface area contributed by atoms with Gasteiger partial charge in [0.25, 0.3) is 0 Å². The third-order valence-corrected chi connectivity index (χ3v) is 4.30. The fourth-order valence-electron chi connectivity index (χ4n) is 2.48. The first-order chi connectivity index (χ1) is 8.08. The van der Waals surface area contributed by atoms with Gasteiger partial charge in [-0.15, -0.1) is 0 Å². The van der Waals surface area contributed by atoms with Gasteiger partial charge >= 0.3 is 0 Å². The second-order valence-electron chi connectivity index (χ2n) is 5.53. The highest BCUT2D eigenvalue weighted by atomic mass is 35.5. The molecule has 0 bridgehead atoms. The number of benzene rings is 1. The van der Waals surface area contributed by atoms with E-state index >= 15 is 0 Å². The van der Waals surface area contributed by atoms with Gasteiger partial charge < -0.3 is 9.84 Å². The Bertz CT molecular complexity index is 452. The molecule has 0 aromatic heterocycles. The van der Waals surface area contributed by atoms with Gasteiger partial charge in [-0.05, 0) is 41.5 Å². The van der Waals surface area contributed by atoms with Gasteiger partial charge in [-0.25, -0.2) is 0 Å². The molecule has 17 heavy (non-hydrogen) atoms. The molecule has 3 rings (SSSR count). The Hall–Kier alpha value is -0.730. The Kier molecular flexibility index (Phi) is 2.60. The third kappa shape index (κ3) is 2.04. The monoisotopic (exact) mass is 252 g/mol. The molecule has 1 saturated carbocycles. The van der Waals surface area contributed by atoms with Crippen molar-refractivity contribution in [3.05, 3.63) is 28.3 Å². The van der Waals surface area contributed by atoms with Gasteiger partial charge in [-0.1, -0.05) is 18.5 Å². The minimum absolute atomic E-state index is 0.119. The minimum Gasteiger partial charge on any atom is -0.493 e. The summed E-state index contributed by atoms with van der Waals surface area (Å²) in [5.74, 6) is 0.956. The summed E-state index contributed by atoms with van der Waals surface area (Å²) in [5, 5.41) is 11.0. The molecule has 1 aliphatic heterocycles. The summed E-state index contributed by atoms with van der Waals surface area (Å²) in [6, 6.07) is 3.90. The summed E-state index contributed by atoms with van der Waals surface area (Å²) in [5.41, 5.74) is 2.36. The van der Waals surface area contributed by atoms with E-state index in [1.54, 1.807) is 0 Å². The number of hydrogen-bond donors (Lipinski definition) is 1. The summed E-state index contributed by atoms with van der Waals surface area (Å²) >= 11 is 6.10. The molecule has 1 aromatic carbocycles. The van der Waals surface area contributed by atoms with Crippen molar-refractivity contribution in [1.29, 1.82) is 0 Å². The lowest BCUT2D eigenvalue weighted by atomic mass is 9.94. The van der Waals surface area contributed by atoms with Crippen LogP contribution < -0.4 is 4.74 Å². The Morgan fingerprint density at radius 2 is 2.24 bits per heavy atom. The van der Waals surface area contributed by atoms with Gasteiger partial charge in [0.2, 0.25) is 0 Å². The fraction of sp³-hybridized carbons (Fsp3) is 0.571. The van der Waals surface area contributed by atoms with Crippen LogP contribution in [-0.2, 0) is 12.8 Å². The van der Waals surface area contributed by atoms with Crippen LogP contribution in [0.5, 0.6) is 5.75 Å². The van der Waals surface area contributed by atoms with Gasteiger partial charge in [0, 0.05) is 17.9 Å². The lowest BCUT2D eigenvalue weighted by Crippen LogP contribution is -2.21. The summed E-state index contributed by atoms with van der Waals surface area (Å²) in [6.45, 7) is 2.87. The van der Waals surface area contributed by atoms with E-state index in [9.17, 15) is 5.11 Å². The number of rotatable bonds is 3. The lowest BCUT2D eigenvalue weighted by Gasteiger charge is -2.19. The number of hydrogen-bond acceptors (Lipinski definition) is 2. The highest BCUT2D eigenvalue weighted by molar-refractivity contribution is 6.30. The van der Waals surface area contributed by atoms with Gasteiger partial charge in [0.05, 0.1) is 12.7 Å². The maximum Gasteiger partial charge on any atom is 0.126 e. The smallest absolute Gasteiger partial charge is 0.126 e. The molecule has 2 nitrogen and oxygen atoms in total. The standard InChI is InChI=1S/C14H17ClO2/c1-14(3-4-14)12(16)8-10-7-11(15)6-9-2-5-17-13(9)10/h6-7,12,16H,2-5,8H2,1H3. The number of aliphatic hydroxyl groups excluding tert-OH is 1. The molecule has 1 fully saturated rings. The average Bonchev–Trinajstić information content (AvgIpc) is 2.86. The molecular formula is C14H17ClO2. The van der Waals surface area contributed by atoms with Crippen LogP contribution in [0.3, 0.4) is 0 Å². The summed E-state index contributed by atoms with van der Waals surface area (Å²) in [6.07, 6.45) is 3.54. The Morgan fingerprint density at radius 1 is 1.47 bits per heavy atom. The SMILES string of the molecule is CC1(C(O)Cc2cc(Cl)cc3c2OCC3)CC1. The molecule has 1 atom stereocenters. The van der Waals surface area contributed by atoms with E-state index in [4.69, 9.17) is 16.3 Å². The van der Waals surface area contributed by atoms with E-state index in [0.717, 1.165) is 42.2 Å². The molecule has 1 unspecified atom stereocenters. The van der Waals surface area contributed by atoms with Crippen molar-refractivity contribution >= 4 is 11.6 Å². The van der Waals surface area contributed by atoms with Crippen molar-refractivity contribution in [3.63, 3.8) is 0 Å². The summed E-state index contributed by atoms with van der Waals surface area (Å²) in [7, 11) is 0. The van der Waals surface area contributed by atoms with Gasteiger partial charge in [-0.2, -0.15) is 0 Å². The van der Waals surface area contributed by atoms with Crippen LogP contribution in [0.25, 0.3) is 0 Å². The molecule has 3 heteroatoms. The van der Waals surface area contributed by atoms with Gasteiger partial charge in [0.1, 0.15) is 5.75 Å². The van der Waals surface area contributed by atoms with E-state index in [2.05, 4.69) is 6.92 Å². The molecule has 1 aliphatic carbocycles. The quantitative estimate of drug-likeness (QED) is 0.896. The van der Waals surface area contributed by atoms with Crippen LogP contribution in [0.2, 0.25) is 5.02 Å². The largest absolute Gasteiger partial charge is 0.493 e. The maximum atomic E-state index is 10.2. The predicted molar refractivity (Wildman–Crippen MR) is 67.7 cm³/mol. The van der Waals surface area contributed by atoms with Crippen molar-refractivity contribution in [2.45, 2.75) is 38.7 Å². The van der Waals surface area contributed by atoms with Crippen molar-refractivity contribution in [1.82, 2.24) is 0 Å². The molecule has 92 valence electrons. The molecule has 0 saturated heterocycles. The predicted octanol–water partition coefficient (Wildman–Crippen LogP) is 2.98. The van der Waals surface area contributed by atoms with Crippen LogP contribution in [0, 0.1) is 5.41 Å². The second-order valence-corrected chi connectivity index (χ2v) is 5.96. The third-order valence-electron chi connectivity index (χ3n) is 4.08. The van der Waals surface area contributed by atoms with Crippen LogP contribution in [0.1, 0.15) is 30.9 Å². The zero-order valence-corrected chi connectivity index (χ0v) is 10.8. The topological polar surface area (TPSA) is 29.5 Å². The first kappa shape index (κ1) is 11.4. The molecule has 1 aromatic rings. The highest BCUT2D eigenvalue weighted by Gasteiger charge is 2.44. The number of aliphatic hydroxyl groups is 1. The second kappa shape index (κ2) is 3.89. The summed E-state index contributed by atoms with van der Waals surface area (Å²) in [4.78, 5) is 0. The zero-order valence-electron chi connectivity index (χ0n) is 10.0. The summed E-state index contributed by atoms with van der Waals surface area (Å²) < 4.78 is 5.65. The highest BCUT2D eigenvalue weighted by Crippen LogP contribution is 2.49. The molecule has 0 radical (unpaired) electrons. The molecule has 0 spiro atoms. The van der Waals surface area contributed by atoms with E-state index in [-0.39, 0.29) is 11.5 Å². The van der Waals surface area contributed by atoms with Crippen LogP contribution >= 0.6 is 11.6 Å². The van der Waals surface area contributed by atoms with Crippen molar-refractivity contribution in [2.75, 3.05) is 6.61 Å². The van der Waals surface area contributed by atoms with E-state index < -0.39 is 0 Å². The minimum atomic E-state index is -0.283. The molecular weight excluding hydrogens is 236 g/mol. The van der Waals surface area contributed by atoms with Gasteiger partial charge in [0.15, 0.2) is 0 Å². The number of ether oxygens (including phenoxy) is 1. The van der Waals surface area contributed by atoms with Gasteiger partial charge in [-0.3, -0.25) is 0 Å². The number of halogens is 1. The molecule has 0 amide bonds. The van der Waals surface area contributed by atoms with Crippen molar-refractivity contribution in [3.8, 4) is 5.75 Å². The molecule has 1 heterocycles. The van der Waals surface area contributed by atoms with Crippen LogP contribution in [-0.4, -0.2) is 17.8 Å². The molecule has 1 N–H and O–H groups in total. The lowest BCUT2D eigenvalue weighted by molar-refractivity contribution is 0.102. The van der Waals surface area contributed by atoms with Crippen LogP contribution in [0.4, 0.5) is 0 Å². The Balaban J connectivity index is 1.87. The van der Waals surface area contributed by atoms with E-state index in [1.165, 1.54) is 5.56 Å². The van der Waals surface area contributed by atoms with Crippen molar-refractivity contribution < 1.29 is 9.84 Å². The maximum absolute atomic E-state index is 10.2. The average molecular weight is 253 g/mol. The van der Waals surface area contributed by atoms with E-state index in [0.29, 0.717) is 6.42 Å². The number of fused-ring (bicyclic) bond motifs is 1.